The standard InChI is InChI=1S/C23H26ClF2N5O3Si/c1-35(2,3)10-9-33-14-31-13-16(24)20-19(5-8-28-22(20)31)34-21-17(25)11-15(12-18(21)26)30-23(32)29-7-4-6-27/h5,8,11-13H,4,7,9-10,14H2,1-3H3,(H2,29,30,32). The summed E-state index contributed by atoms with van der Waals surface area (Å²) in [4.78, 5) is 16.1. The minimum atomic E-state index is -1.23. The number of rotatable bonds is 10. The largest absolute Gasteiger partial charge is 0.450 e. The molecule has 3 rings (SSSR count). The summed E-state index contributed by atoms with van der Waals surface area (Å²) < 4.78 is 42.5. The van der Waals surface area contributed by atoms with E-state index < -0.39 is 31.5 Å². The van der Waals surface area contributed by atoms with Crippen LogP contribution in [0.3, 0.4) is 0 Å². The normalized spacial score (nSPS) is 11.3. The van der Waals surface area contributed by atoms with Crippen molar-refractivity contribution in [2.45, 2.75) is 38.8 Å². The van der Waals surface area contributed by atoms with E-state index in [1.54, 1.807) is 10.8 Å². The van der Waals surface area contributed by atoms with E-state index >= 15 is 0 Å². The van der Waals surface area contributed by atoms with E-state index in [0.717, 1.165) is 18.2 Å². The van der Waals surface area contributed by atoms with Crippen LogP contribution in [0, 0.1) is 23.0 Å². The molecule has 0 unspecified atom stereocenters. The van der Waals surface area contributed by atoms with Crippen LogP contribution in [0.15, 0.2) is 30.6 Å². The van der Waals surface area contributed by atoms with Gasteiger partial charge < -0.3 is 24.7 Å². The Balaban J connectivity index is 1.77. The van der Waals surface area contributed by atoms with E-state index in [1.165, 1.54) is 12.3 Å². The predicted octanol–water partition coefficient (Wildman–Crippen LogP) is 6.11. The Morgan fingerprint density at radius 2 is 2.00 bits per heavy atom. The molecule has 0 aliphatic carbocycles. The summed E-state index contributed by atoms with van der Waals surface area (Å²) in [6.07, 6.45) is 3.19. The number of nitriles is 1. The molecule has 2 heterocycles. The first-order valence-corrected chi connectivity index (χ1v) is 15.0. The van der Waals surface area contributed by atoms with Gasteiger partial charge in [-0.15, -0.1) is 0 Å². The van der Waals surface area contributed by atoms with Gasteiger partial charge in [0.15, 0.2) is 17.4 Å². The monoisotopic (exact) mass is 521 g/mol. The van der Waals surface area contributed by atoms with Gasteiger partial charge in [0, 0.05) is 51.4 Å². The highest BCUT2D eigenvalue weighted by atomic mass is 35.5. The molecule has 0 saturated heterocycles. The quantitative estimate of drug-likeness (QED) is 0.248. The van der Waals surface area contributed by atoms with Gasteiger partial charge in [0.1, 0.15) is 18.1 Å². The summed E-state index contributed by atoms with van der Waals surface area (Å²) in [7, 11) is -1.23. The van der Waals surface area contributed by atoms with Gasteiger partial charge in [-0.1, -0.05) is 31.2 Å². The third kappa shape index (κ3) is 7.14. The smallest absolute Gasteiger partial charge is 0.319 e. The first kappa shape index (κ1) is 26.4. The molecular weight excluding hydrogens is 496 g/mol. The minimum absolute atomic E-state index is 0.107. The first-order chi connectivity index (χ1) is 16.6. The maximum atomic E-state index is 14.7. The van der Waals surface area contributed by atoms with E-state index in [1.807, 2.05) is 6.07 Å². The fourth-order valence-corrected chi connectivity index (χ4v) is 4.16. The van der Waals surface area contributed by atoms with Crippen LogP contribution in [0.1, 0.15) is 6.42 Å². The number of urea groups is 1. The fourth-order valence-electron chi connectivity index (χ4n) is 3.11. The Bertz CT molecular complexity index is 1230. The van der Waals surface area contributed by atoms with Crippen molar-refractivity contribution < 1.29 is 23.0 Å². The average Bonchev–Trinajstić information content (AvgIpc) is 3.10. The minimum Gasteiger partial charge on any atom is -0.450 e. The summed E-state index contributed by atoms with van der Waals surface area (Å²) >= 11 is 6.40. The van der Waals surface area contributed by atoms with Crippen molar-refractivity contribution in [3.63, 3.8) is 0 Å². The summed E-state index contributed by atoms with van der Waals surface area (Å²) in [5, 5.41) is 13.9. The van der Waals surface area contributed by atoms with Crippen LogP contribution in [0.5, 0.6) is 11.5 Å². The molecule has 0 spiro atoms. The molecule has 2 N–H and O–H groups in total. The Hall–Kier alpha value is -3.20. The number of benzene rings is 1. The van der Waals surface area contributed by atoms with Crippen LogP contribution in [0.25, 0.3) is 11.0 Å². The van der Waals surface area contributed by atoms with Crippen molar-refractivity contribution >= 4 is 42.4 Å². The number of halogens is 3. The van der Waals surface area contributed by atoms with Gasteiger partial charge in [-0.25, -0.2) is 18.6 Å². The van der Waals surface area contributed by atoms with Crippen molar-refractivity contribution in [2.24, 2.45) is 0 Å². The number of amides is 2. The molecule has 2 aromatic heterocycles. The number of hydrogen-bond acceptors (Lipinski definition) is 5. The highest BCUT2D eigenvalue weighted by molar-refractivity contribution is 6.76. The second-order valence-electron chi connectivity index (χ2n) is 8.96. The van der Waals surface area contributed by atoms with E-state index in [-0.39, 0.29) is 31.1 Å². The number of hydrogen-bond donors (Lipinski definition) is 2. The Morgan fingerprint density at radius 1 is 1.29 bits per heavy atom. The zero-order chi connectivity index (χ0) is 25.6. The average molecular weight is 522 g/mol. The molecule has 35 heavy (non-hydrogen) atoms. The van der Waals surface area contributed by atoms with Gasteiger partial charge in [-0.3, -0.25) is 0 Å². The number of pyridine rings is 1. The molecule has 0 atom stereocenters. The van der Waals surface area contributed by atoms with E-state index in [9.17, 15) is 13.6 Å². The van der Waals surface area contributed by atoms with Crippen molar-refractivity contribution in [2.75, 3.05) is 18.5 Å². The van der Waals surface area contributed by atoms with Crippen LogP contribution >= 0.6 is 11.6 Å². The molecule has 0 bridgehead atoms. The molecule has 0 aliphatic heterocycles. The highest BCUT2D eigenvalue weighted by Gasteiger charge is 2.19. The van der Waals surface area contributed by atoms with Crippen molar-refractivity contribution in [1.82, 2.24) is 14.9 Å². The van der Waals surface area contributed by atoms with Crippen LogP contribution in [-0.4, -0.2) is 36.8 Å². The van der Waals surface area contributed by atoms with Crippen LogP contribution in [0.4, 0.5) is 19.3 Å². The lowest BCUT2D eigenvalue weighted by Gasteiger charge is -2.15. The predicted molar refractivity (Wildman–Crippen MR) is 133 cm³/mol. The van der Waals surface area contributed by atoms with E-state index in [0.29, 0.717) is 22.7 Å². The Labute approximate surface area is 207 Å². The lowest BCUT2D eigenvalue weighted by Crippen LogP contribution is -2.29. The van der Waals surface area contributed by atoms with Crippen molar-refractivity contribution in [3.05, 3.63) is 47.2 Å². The summed E-state index contributed by atoms with van der Waals surface area (Å²) in [5.74, 6) is -2.57. The number of nitrogens with one attached hydrogen (secondary N) is 2. The van der Waals surface area contributed by atoms with Crippen LogP contribution < -0.4 is 15.4 Å². The number of nitrogens with zero attached hydrogens (tertiary/aromatic N) is 3. The topological polar surface area (TPSA) is 101 Å². The third-order valence-corrected chi connectivity index (χ3v) is 6.88. The molecule has 3 aromatic rings. The third-order valence-electron chi connectivity index (χ3n) is 4.89. The van der Waals surface area contributed by atoms with Gasteiger partial charge in [-0.05, 0) is 12.1 Å². The van der Waals surface area contributed by atoms with Gasteiger partial charge in [0.25, 0.3) is 0 Å². The molecule has 0 saturated carbocycles. The summed E-state index contributed by atoms with van der Waals surface area (Å²) in [6, 6.07) is 5.50. The fraction of sp³-hybridized carbons (Fsp3) is 0.348. The summed E-state index contributed by atoms with van der Waals surface area (Å²) in [6.45, 7) is 7.72. The lowest BCUT2D eigenvalue weighted by atomic mass is 10.2. The van der Waals surface area contributed by atoms with Crippen molar-refractivity contribution in [3.8, 4) is 17.6 Å². The number of aromatic nitrogens is 2. The Morgan fingerprint density at radius 3 is 2.66 bits per heavy atom. The van der Waals surface area contributed by atoms with Crippen molar-refractivity contribution in [1.29, 1.82) is 5.26 Å². The second-order valence-corrected chi connectivity index (χ2v) is 15.0. The first-order valence-electron chi connectivity index (χ1n) is 10.9. The lowest BCUT2D eigenvalue weighted by molar-refractivity contribution is 0.0899. The maximum absolute atomic E-state index is 14.7. The second kappa shape index (κ2) is 11.5. The van der Waals surface area contributed by atoms with Crippen LogP contribution in [0.2, 0.25) is 30.7 Å². The van der Waals surface area contributed by atoms with E-state index in [2.05, 4.69) is 35.3 Å². The number of ether oxygens (including phenoxy) is 2. The molecule has 2 amide bonds. The molecule has 0 radical (unpaired) electrons. The number of fused-ring (bicyclic) bond motifs is 1. The molecule has 0 aliphatic rings. The number of carbonyl (C=O) groups is 1. The summed E-state index contributed by atoms with van der Waals surface area (Å²) in [5.41, 5.74) is 0.343. The zero-order valence-corrected chi connectivity index (χ0v) is 21.4. The van der Waals surface area contributed by atoms with Gasteiger partial charge in [0.2, 0.25) is 0 Å². The zero-order valence-electron chi connectivity index (χ0n) is 19.6. The molecule has 12 heteroatoms. The van der Waals surface area contributed by atoms with Gasteiger partial charge in [-0.2, -0.15) is 5.26 Å². The van der Waals surface area contributed by atoms with Gasteiger partial charge in [0.05, 0.1) is 22.9 Å². The Kier molecular flexibility index (Phi) is 8.66. The highest BCUT2D eigenvalue weighted by Crippen LogP contribution is 2.37. The number of anilines is 1. The molecule has 0 fully saturated rings. The van der Waals surface area contributed by atoms with Gasteiger partial charge >= 0.3 is 6.03 Å². The SMILES string of the molecule is C[Si](C)(C)CCOCn1cc(Cl)c2c(Oc3c(F)cc(NC(=O)NCCC#N)cc3F)ccnc21. The number of carbonyl (C=O) groups excluding carboxylic acids is 1. The molecule has 8 nitrogen and oxygen atoms in total. The van der Waals surface area contributed by atoms with Crippen LogP contribution in [-0.2, 0) is 11.5 Å². The molecule has 186 valence electrons. The van der Waals surface area contributed by atoms with E-state index in [4.69, 9.17) is 26.3 Å². The molecular formula is C23H26ClF2N5O3Si. The molecule has 1 aromatic carbocycles. The maximum Gasteiger partial charge on any atom is 0.319 e.